The lowest BCUT2D eigenvalue weighted by Gasteiger charge is -2.31. The second-order valence-electron chi connectivity index (χ2n) is 5.38. The van der Waals surface area contributed by atoms with Crippen molar-refractivity contribution in [3.05, 3.63) is 21.9 Å². The lowest BCUT2D eigenvalue weighted by molar-refractivity contribution is 0.0702. The molecule has 5 heteroatoms. The van der Waals surface area contributed by atoms with Gasteiger partial charge in [-0.05, 0) is 24.0 Å². The van der Waals surface area contributed by atoms with Crippen LogP contribution in [0.3, 0.4) is 0 Å². The highest BCUT2D eigenvalue weighted by atomic mass is 32.1. The number of aliphatic hydroxyl groups excluding tert-OH is 1. The second-order valence-corrected chi connectivity index (χ2v) is 6.55. The molecule has 1 atom stereocenters. The van der Waals surface area contributed by atoms with Gasteiger partial charge in [-0.2, -0.15) is 0 Å². The van der Waals surface area contributed by atoms with E-state index in [0.717, 1.165) is 4.88 Å². The van der Waals surface area contributed by atoms with Gasteiger partial charge in [0.05, 0.1) is 0 Å². The molecule has 1 aromatic rings. The third-order valence-corrected chi connectivity index (χ3v) is 3.93. The van der Waals surface area contributed by atoms with Gasteiger partial charge in [-0.1, -0.05) is 20.8 Å². The molecule has 1 aromatic heterocycles. The van der Waals surface area contributed by atoms with Gasteiger partial charge in [0, 0.05) is 24.1 Å². The zero-order chi connectivity index (χ0) is 13.8. The molecule has 3 N–H and O–H groups in total. The summed E-state index contributed by atoms with van der Waals surface area (Å²) in [6, 6.07) is 3.67. The summed E-state index contributed by atoms with van der Waals surface area (Å²) in [6.07, 6.45) is 0.695. The van der Waals surface area contributed by atoms with Crippen molar-refractivity contribution < 1.29 is 15.0 Å². The van der Waals surface area contributed by atoms with Gasteiger partial charge >= 0.3 is 5.97 Å². The summed E-state index contributed by atoms with van der Waals surface area (Å²) >= 11 is 1.29. The molecule has 1 heterocycles. The number of carboxylic acid groups (broad SMARTS) is 1. The Balaban J connectivity index is 2.58. The molecule has 0 amide bonds. The fourth-order valence-corrected chi connectivity index (χ4v) is 2.58. The van der Waals surface area contributed by atoms with Crippen LogP contribution in [0.1, 0.15) is 41.7 Å². The first-order valence-electron chi connectivity index (χ1n) is 6.01. The smallest absolute Gasteiger partial charge is 0.345 e. The number of carboxylic acids is 1. The number of aliphatic hydroxyl groups is 1. The first-order chi connectivity index (χ1) is 8.34. The van der Waals surface area contributed by atoms with Crippen molar-refractivity contribution in [1.82, 2.24) is 5.32 Å². The Bertz CT molecular complexity index is 395. The lowest BCUT2D eigenvalue weighted by atomic mass is 9.85. The van der Waals surface area contributed by atoms with E-state index in [1.807, 2.05) is 6.07 Å². The molecule has 0 saturated heterocycles. The fraction of sp³-hybridized carbons (Fsp3) is 0.615. The van der Waals surface area contributed by atoms with Crippen LogP contribution in [0.4, 0.5) is 0 Å². The molecule has 0 fully saturated rings. The first kappa shape index (κ1) is 15.1. The van der Waals surface area contributed by atoms with Crippen LogP contribution in [0.15, 0.2) is 12.1 Å². The summed E-state index contributed by atoms with van der Waals surface area (Å²) < 4.78 is 0. The SMILES string of the molecule is CC(C)(C)C(CCO)NCc1ccc(C(=O)O)s1. The van der Waals surface area contributed by atoms with Crippen LogP contribution in [-0.2, 0) is 6.54 Å². The molecule has 4 nitrogen and oxygen atoms in total. The topological polar surface area (TPSA) is 69.6 Å². The van der Waals surface area contributed by atoms with E-state index in [1.54, 1.807) is 6.07 Å². The zero-order valence-corrected chi connectivity index (χ0v) is 11.9. The van der Waals surface area contributed by atoms with E-state index in [0.29, 0.717) is 17.8 Å². The number of thiophene rings is 1. The van der Waals surface area contributed by atoms with Crippen molar-refractivity contribution in [2.45, 2.75) is 39.8 Å². The van der Waals surface area contributed by atoms with Crippen LogP contribution in [0, 0.1) is 5.41 Å². The summed E-state index contributed by atoms with van der Waals surface area (Å²) in [5.41, 5.74) is 0.0651. The molecule has 0 aliphatic heterocycles. The predicted molar refractivity (Wildman–Crippen MR) is 73.1 cm³/mol. The van der Waals surface area contributed by atoms with E-state index in [1.165, 1.54) is 11.3 Å². The third-order valence-electron chi connectivity index (χ3n) is 2.86. The van der Waals surface area contributed by atoms with Crippen LogP contribution in [0.25, 0.3) is 0 Å². The Kier molecular flexibility index (Phi) is 5.31. The zero-order valence-electron chi connectivity index (χ0n) is 11.1. The molecule has 0 spiro atoms. The van der Waals surface area contributed by atoms with Gasteiger partial charge in [0.15, 0.2) is 0 Å². The van der Waals surface area contributed by atoms with E-state index in [9.17, 15) is 4.79 Å². The molecule has 1 unspecified atom stereocenters. The van der Waals surface area contributed by atoms with E-state index in [4.69, 9.17) is 10.2 Å². The van der Waals surface area contributed by atoms with E-state index >= 15 is 0 Å². The number of hydrogen-bond acceptors (Lipinski definition) is 4. The summed E-state index contributed by atoms with van der Waals surface area (Å²) in [7, 11) is 0. The normalized spacial score (nSPS) is 13.6. The Labute approximate surface area is 112 Å². The largest absolute Gasteiger partial charge is 0.477 e. The van der Waals surface area contributed by atoms with Crippen molar-refractivity contribution in [3.8, 4) is 0 Å². The van der Waals surface area contributed by atoms with Crippen molar-refractivity contribution in [2.75, 3.05) is 6.61 Å². The molecule has 102 valence electrons. The monoisotopic (exact) mass is 271 g/mol. The Morgan fingerprint density at radius 3 is 2.56 bits per heavy atom. The van der Waals surface area contributed by atoms with Gasteiger partial charge in [-0.3, -0.25) is 0 Å². The van der Waals surface area contributed by atoms with Gasteiger partial charge in [-0.25, -0.2) is 4.79 Å². The molecular formula is C13H21NO3S. The van der Waals surface area contributed by atoms with Crippen LogP contribution in [-0.4, -0.2) is 28.8 Å². The third kappa shape index (κ3) is 4.40. The van der Waals surface area contributed by atoms with Crippen molar-refractivity contribution in [2.24, 2.45) is 5.41 Å². The van der Waals surface area contributed by atoms with Crippen LogP contribution >= 0.6 is 11.3 Å². The molecule has 0 aliphatic carbocycles. The van der Waals surface area contributed by atoms with E-state index in [2.05, 4.69) is 26.1 Å². The minimum Gasteiger partial charge on any atom is -0.477 e. The van der Waals surface area contributed by atoms with Gasteiger partial charge in [0.1, 0.15) is 4.88 Å². The summed E-state index contributed by atoms with van der Waals surface area (Å²) in [5.74, 6) is -0.881. The molecule has 0 aliphatic rings. The van der Waals surface area contributed by atoms with Crippen LogP contribution < -0.4 is 5.32 Å². The quantitative estimate of drug-likeness (QED) is 0.742. The van der Waals surface area contributed by atoms with Crippen molar-refractivity contribution >= 4 is 17.3 Å². The fourth-order valence-electron chi connectivity index (χ4n) is 1.78. The van der Waals surface area contributed by atoms with Crippen molar-refractivity contribution in [3.63, 3.8) is 0 Å². The highest BCUT2D eigenvalue weighted by Gasteiger charge is 2.23. The molecule has 0 bridgehead atoms. The van der Waals surface area contributed by atoms with Crippen LogP contribution in [0.2, 0.25) is 0 Å². The minimum atomic E-state index is -0.881. The average Bonchev–Trinajstić information content (AvgIpc) is 2.71. The second kappa shape index (κ2) is 6.31. The number of aromatic carboxylic acids is 1. The minimum absolute atomic E-state index is 0.0651. The molecule has 0 radical (unpaired) electrons. The highest BCUT2D eigenvalue weighted by Crippen LogP contribution is 2.23. The van der Waals surface area contributed by atoms with E-state index in [-0.39, 0.29) is 18.1 Å². The first-order valence-corrected chi connectivity index (χ1v) is 6.82. The van der Waals surface area contributed by atoms with E-state index < -0.39 is 5.97 Å². The molecular weight excluding hydrogens is 250 g/mol. The maximum atomic E-state index is 10.8. The average molecular weight is 271 g/mol. The summed E-state index contributed by atoms with van der Waals surface area (Å²) in [5, 5.41) is 21.3. The van der Waals surface area contributed by atoms with Gasteiger partial charge < -0.3 is 15.5 Å². The van der Waals surface area contributed by atoms with Gasteiger partial charge in [-0.15, -0.1) is 11.3 Å². The standard InChI is InChI=1S/C13H21NO3S/c1-13(2,3)11(6-7-15)14-8-9-4-5-10(18-9)12(16)17/h4-5,11,14-15H,6-8H2,1-3H3,(H,16,17). The summed E-state index contributed by atoms with van der Waals surface area (Å²) in [6.45, 7) is 7.16. The highest BCUT2D eigenvalue weighted by molar-refractivity contribution is 7.13. The Morgan fingerprint density at radius 1 is 1.44 bits per heavy atom. The maximum absolute atomic E-state index is 10.8. The van der Waals surface area contributed by atoms with Gasteiger partial charge in [0.25, 0.3) is 0 Å². The van der Waals surface area contributed by atoms with Gasteiger partial charge in [0.2, 0.25) is 0 Å². The van der Waals surface area contributed by atoms with Crippen LogP contribution in [0.5, 0.6) is 0 Å². The Morgan fingerprint density at radius 2 is 2.11 bits per heavy atom. The predicted octanol–water partition coefficient (Wildman–Crippen LogP) is 2.33. The number of rotatable bonds is 6. The number of nitrogens with one attached hydrogen (secondary N) is 1. The molecule has 0 saturated carbocycles. The number of hydrogen-bond donors (Lipinski definition) is 3. The van der Waals surface area contributed by atoms with Crippen molar-refractivity contribution in [1.29, 1.82) is 0 Å². The Hall–Kier alpha value is -0.910. The number of carbonyl (C=O) groups is 1. The molecule has 1 rings (SSSR count). The summed E-state index contributed by atoms with van der Waals surface area (Å²) in [4.78, 5) is 12.1. The molecule has 0 aromatic carbocycles. The lowest BCUT2D eigenvalue weighted by Crippen LogP contribution is -2.40. The maximum Gasteiger partial charge on any atom is 0.345 e. The molecule has 18 heavy (non-hydrogen) atoms.